The molecule has 0 unspecified atom stereocenters. The molecule has 0 amide bonds. The monoisotopic (exact) mass is 386 g/mol. The summed E-state index contributed by atoms with van der Waals surface area (Å²) >= 11 is 32.0. The Morgan fingerprint density at radius 1 is 0.667 bits per heavy atom. The molecular weight excluding hydrogens is 388 g/mol. The van der Waals surface area contributed by atoms with Crippen molar-refractivity contribution in [3.63, 3.8) is 0 Å². The topological polar surface area (TPSA) is 0 Å². The van der Waals surface area contributed by atoms with Gasteiger partial charge in [-0.05, 0) is 0 Å². The van der Waals surface area contributed by atoms with Gasteiger partial charge in [0.05, 0.1) is 0 Å². The maximum absolute atomic E-state index is 5.54. The Balaban J connectivity index is 3.75. The van der Waals surface area contributed by atoms with E-state index >= 15 is 0 Å². The van der Waals surface area contributed by atoms with Crippen LogP contribution in [0.5, 0.6) is 0 Å². The molecule has 0 fully saturated rings. The van der Waals surface area contributed by atoms with Crippen LogP contribution in [0.1, 0.15) is 0 Å². The first-order chi connectivity index (χ1) is 3.71. The predicted molar refractivity (Wildman–Crippen MR) is 52.4 cm³/mol. The molecular formula is Cl6Si2Sn. The number of hydrogen-bond acceptors (Lipinski definition) is 0. The van der Waals surface area contributed by atoms with Crippen LogP contribution in [0.3, 0.4) is 0 Å². The molecule has 0 aromatic heterocycles. The fourth-order valence-electron chi connectivity index (χ4n) is 0.161. The maximum atomic E-state index is 5.54. The number of hydrogen-bond donors (Lipinski definition) is 0. The van der Waals surface area contributed by atoms with Crippen LogP contribution in [-0.2, 0) is 0 Å². The van der Waals surface area contributed by atoms with Gasteiger partial charge in [0.1, 0.15) is 0 Å². The third-order valence-corrected chi connectivity index (χ3v) is 51.3. The van der Waals surface area contributed by atoms with Gasteiger partial charge >= 0.3 is 93.1 Å². The fourth-order valence-corrected chi connectivity index (χ4v) is 87.3. The van der Waals surface area contributed by atoms with Gasteiger partial charge in [0.25, 0.3) is 0 Å². The molecule has 0 saturated carbocycles. The summed E-state index contributed by atoms with van der Waals surface area (Å²) in [6, 6.07) is 0. The molecule has 0 aliphatic carbocycles. The first-order valence-electron chi connectivity index (χ1n) is 1.63. The standard InChI is InChI=1S/2Cl3Si.Sn/c2*1-4(2)3;. The predicted octanol–water partition coefficient (Wildman–Crippen LogP) is 2.99. The van der Waals surface area contributed by atoms with Crippen LogP contribution in [0.4, 0.5) is 0 Å². The van der Waals surface area contributed by atoms with E-state index in [1.807, 2.05) is 0 Å². The van der Waals surface area contributed by atoms with E-state index in [9.17, 15) is 0 Å². The van der Waals surface area contributed by atoms with Gasteiger partial charge in [-0.2, -0.15) is 0 Å². The summed E-state index contributed by atoms with van der Waals surface area (Å²) in [5.41, 5.74) is 0. The molecule has 9 heteroatoms. The van der Waals surface area contributed by atoms with Gasteiger partial charge in [-0.25, -0.2) is 0 Å². The molecule has 0 rings (SSSR count). The van der Waals surface area contributed by atoms with E-state index < -0.39 is 26.6 Å². The van der Waals surface area contributed by atoms with E-state index in [-0.39, 0.29) is 0 Å². The van der Waals surface area contributed by atoms with E-state index in [0.29, 0.717) is 0 Å². The molecule has 54 valence electrons. The first kappa shape index (κ1) is 12.0. The van der Waals surface area contributed by atoms with Crippen LogP contribution < -0.4 is 0 Å². The van der Waals surface area contributed by atoms with Crippen molar-refractivity contribution in [1.82, 2.24) is 0 Å². The fraction of sp³-hybridized carbons (Fsp3) is 0. The zero-order valence-electron chi connectivity index (χ0n) is 3.77. The van der Waals surface area contributed by atoms with Crippen molar-refractivity contribution >= 4 is 93.1 Å². The van der Waals surface area contributed by atoms with Crippen LogP contribution in [0.2, 0.25) is 0 Å². The quantitative estimate of drug-likeness (QED) is 0.505. The Morgan fingerprint density at radius 3 is 0.889 bits per heavy atom. The normalized spacial score (nSPS) is 14.0. The third-order valence-electron chi connectivity index (χ3n) is 0.283. The second kappa shape index (κ2) is 4.28. The average Bonchev–Trinajstić information content (AvgIpc) is 1.14. The Kier molecular flexibility index (Phi) is 5.69. The minimum absolute atomic E-state index is 1.31. The van der Waals surface area contributed by atoms with Gasteiger partial charge in [0.2, 0.25) is 0 Å². The van der Waals surface area contributed by atoms with Crippen LogP contribution in [0, 0.1) is 0 Å². The molecule has 0 bridgehead atoms. The summed E-state index contributed by atoms with van der Waals surface area (Å²) in [6.45, 7) is 0. The minimum atomic E-state index is -2.54. The van der Waals surface area contributed by atoms with Crippen LogP contribution in [0.25, 0.3) is 0 Å². The van der Waals surface area contributed by atoms with Crippen molar-refractivity contribution in [2.24, 2.45) is 0 Å². The van der Waals surface area contributed by atoms with E-state index in [4.69, 9.17) is 66.5 Å². The van der Waals surface area contributed by atoms with E-state index in [2.05, 4.69) is 0 Å². The zero-order chi connectivity index (χ0) is 7.71. The summed E-state index contributed by atoms with van der Waals surface area (Å²) in [4.78, 5) is 0. The molecule has 2 radical (unpaired) electrons. The second-order valence-corrected chi connectivity index (χ2v) is 53.3. The third kappa shape index (κ3) is 11.0. The van der Waals surface area contributed by atoms with Crippen LogP contribution in [0.15, 0.2) is 0 Å². The van der Waals surface area contributed by atoms with Crippen molar-refractivity contribution in [2.45, 2.75) is 0 Å². The molecule has 0 saturated heterocycles. The Bertz CT molecular complexity index is 76.2. The van der Waals surface area contributed by atoms with E-state index in [1.165, 1.54) is 0 Å². The van der Waals surface area contributed by atoms with E-state index in [1.54, 1.807) is 0 Å². The number of rotatable bonds is 2. The van der Waals surface area contributed by atoms with Gasteiger partial charge in [-0.15, -0.1) is 0 Å². The number of halogens is 6. The first-order valence-corrected chi connectivity index (χ1v) is 20.3. The van der Waals surface area contributed by atoms with Crippen molar-refractivity contribution in [2.75, 3.05) is 0 Å². The van der Waals surface area contributed by atoms with Gasteiger partial charge < -0.3 is 0 Å². The Hall–Kier alpha value is 2.97. The van der Waals surface area contributed by atoms with Gasteiger partial charge in [0.15, 0.2) is 0 Å². The Morgan fingerprint density at radius 2 is 0.889 bits per heavy atom. The van der Waals surface area contributed by atoms with Crippen LogP contribution >= 0.6 is 66.5 Å². The summed E-state index contributed by atoms with van der Waals surface area (Å²) in [5.74, 6) is 0. The SMILES string of the molecule is Cl[Si](Cl)(Cl)[Sn][Si](Cl)(Cl)Cl. The second-order valence-electron chi connectivity index (χ2n) is 1.12. The summed E-state index contributed by atoms with van der Waals surface area (Å²) in [7, 11) is 0. The molecule has 0 aromatic rings. The van der Waals surface area contributed by atoms with Crippen molar-refractivity contribution in [3.05, 3.63) is 0 Å². The zero-order valence-corrected chi connectivity index (χ0v) is 13.2. The molecule has 9 heavy (non-hydrogen) atoms. The van der Waals surface area contributed by atoms with Gasteiger partial charge in [-0.1, -0.05) is 0 Å². The molecule has 0 N–H and O–H groups in total. The van der Waals surface area contributed by atoms with Crippen molar-refractivity contribution in [3.8, 4) is 0 Å². The molecule has 0 spiro atoms. The summed E-state index contributed by atoms with van der Waals surface area (Å²) in [6.07, 6.45) is 0. The molecule has 0 atom stereocenters. The van der Waals surface area contributed by atoms with E-state index in [0.717, 1.165) is 0 Å². The molecule has 0 nitrogen and oxygen atoms in total. The molecule has 0 aliphatic rings. The molecule has 0 aliphatic heterocycles. The van der Waals surface area contributed by atoms with Gasteiger partial charge in [-0.3, -0.25) is 0 Å². The molecule has 0 heterocycles. The average molecular weight is 388 g/mol. The van der Waals surface area contributed by atoms with Crippen molar-refractivity contribution in [1.29, 1.82) is 0 Å². The van der Waals surface area contributed by atoms with Crippen LogP contribution in [-0.4, -0.2) is 26.6 Å². The van der Waals surface area contributed by atoms with Crippen molar-refractivity contribution < 1.29 is 0 Å². The summed E-state index contributed by atoms with van der Waals surface area (Å²) < 4.78 is -5.08. The Labute approximate surface area is 91.7 Å². The summed E-state index contributed by atoms with van der Waals surface area (Å²) in [5, 5.41) is 0. The molecule has 0 aromatic carbocycles. The van der Waals surface area contributed by atoms with Gasteiger partial charge in [0, 0.05) is 0 Å².